The third-order valence-corrected chi connectivity index (χ3v) is 5.77. The summed E-state index contributed by atoms with van der Waals surface area (Å²) in [5.41, 5.74) is 1.97. The van der Waals surface area contributed by atoms with Crippen molar-refractivity contribution >= 4 is 34.3 Å². The highest BCUT2D eigenvalue weighted by molar-refractivity contribution is 6.31. The third kappa shape index (κ3) is 2.66. The zero-order valence-corrected chi connectivity index (χ0v) is 17.5. The lowest BCUT2D eigenvalue weighted by molar-refractivity contribution is -0.119. The van der Waals surface area contributed by atoms with Gasteiger partial charge in [0.25, 0.3) is 5.56 Å². The number of benzene rings is 1. The van der Waals surface area contributed by atoms with Gasteiger partial charge in [0.1, 0.15) is 0 Å². The van der Waals surface area contributed by atoms with Crippen molar-refractivity contribution in [3.8, 4) is 5.69 Å². The number of ketones is 1. The number of carbonyl (C=O) groups excluding carboxylic acids is 1. The molecule has 0 spiro atoms. The van der Waals surface area contributed by atoms with Crippen molar-refractivity contribution in [2.24, 2.45) is 7.05 Å². The number of imidazole rings is 2. The highest BCUT2D eigenvalue weighted by Gasteiger charge is 2.24. The second-order valence-corrected chi connectivity index (χ2v) is 7.70. The molecule has 0 aliphatic rings. The molecule has 1 aromatic carbocycles. The van der Waals surface area contributed by atoms with Gasteiger partial charge >= 0.3 is 5.69 Å². The Kier molecular flexibility index (Phi) is 4.27. The number of nitrogens with zero attached hydrogens (tertiary/aromatic N) is 5. The molecule has 4 rings (SSSR count). The van der Waals surface area contributed by atoms with E-state index in [4.69, 9.17) is 11.6 Å². The predicted molar refractivity (Wildman–Crippen MR) is 111 cm³/mol. The average molecular weight is 414 g/mol. The van der Waals surface area contributed by atoms with Crippen LogP contribution in [0.25, 0.3) is 22.6 Å². The summed E-state index contributed by atoms with van der Waals surface area (Å²) in [5, 5.41) is 0.620. The molecule has 0 radical (unpaired) electrons. The molecule has 0 saturated carbocycles. The van der Waals surface area contributed by atoms with Gasteiger partial charge in [0.05, 0.1) is 11.7 Å². The number of carbonyl (C=O) groups is 1. The summed E-state index contributed by atoms with van der Waals surface area (Å²) in [6.07, 6.45) is 1.78. The second kappa shape index (κ2) is 6.45. The van der Waals surface area contributed by atoms with Crippen molar-refractivity contribution in [2.75, 3.05) is 0 Å². The van der Waals surface area contributed by atoms with Gasteiger partial charge in [-0.1, -0.05) is 17.7 Å². The molecule has 0 amide bonds. The Labute approximate surface area is 170 Å². The molecule has 4 aromatic rings. The van der Waals surface area contributed by atoms with Crippen LogP contribution in [0, 0.1) is 13.8 Å². The lowest BCUT2D eigenvalue weighted by atomic mass is 10.2. The number of halogens is 1. The zero-order valence-electron chi connectivity index (χ0n) is 16.7. The topological polar surface area (TPSA) is 83.3 Å². The second-order valence-electron chi connectivity index (χ2n) is 7.30. The summed E-state index contributed by atoms with van der Waals surface area (Å²) < 4.78 is 5.80. The van der Waals surface area contributed by atoms with Gasteiger partial charge in [-0.15, -0.1) is 0 Å². The highest BCUT2D eigenvalue weighted by Crippen LogP contribution is 2.24. The van der Waals surface area contributed by atoms with E-state index in [1.54, 1.807) is 24.6 Å². The highest BCUT2D eigenvalue weighted by atomic mass is 35.5. The molecule has 1 atom stereocenters. The quantitative estimate of drug-likeness (QED) is 0.516. The summed E-state index contributed by atoms with van der Waals surface area (Å²) >= 11 is 6.30. The van der Waals surface area contributed by atoms with Crippen LogP contribution in [0.2, 0.25) is 5.02 Å². The number of hydrogen-bond acceptors (Lipinski definition) is 4. The van der Waals surface area contributed by atoms with Gasteiger partial charge in [-0.2, -0.15) is 4.98 Å². The SMILES string of the molecule is CC(=O)[C@@H](C)n1c(=O)c2c(nc3n(-c4ccc(C)c(Cl)c4)c(C)cn23)n(C)c1=O. The van der Waals surface area contributed by atoms with Crippen LogP contribution in [0.4, 0.5) is 0 Å². The number of aromatic nitrogens is 5. The largest absolute Gasteiger partial charge is 0.333 e. The monoisotopic (exact) mass is 413 g/mol. The van der Waals surface area contributed by atoms with E-state index in [2.05, 4.69) is 4.98 Å². The maximum Gasteiger partial charge on any atom is 0.333 e. The first kappa shape index (κ1) is 19.2. The Hall–Kier alpha value is -3.13. The van der Waals surface area contributed by atoms with Crippen LogP contribution in [0.3, 0.4) is 0 Å². The molecule has 0 unspecified atom stereocenters. The minimum atomic E-state index is -0.866. The van der Waals surface area contributed by atoms with Crippen LogP contribution in [0.5, 0.6) is 0 Å². The minimum absolute atomic E-state index is 0.246. The fourth-order valence-electron chi connectivity index (χ4n) is 3.54. The van der Waals surface area contributed by atoms with Gasteiger partial charge in [-0.05, 0) is 45.4 Å². The van der Waals surface area contributed by atoms with Crippen LogP contribution in [0.1, 0.15) is 31.1 Å². The van der Waals surface area contributed by atoms with E-state index in [0.717, 1.165) is 21.5 Å². The Morgan fingerprint density at radius 1 is 1.21 bits per heavy atom. The zero-order chi connectivity index (χ0) is 21.2. The van der Waals surface area contributed by atoms with Crippen molar-refractivity contribution < 1.29 is 4.79 Å². The summed E-state index contributed by atoms with van der Waals surface area (Å²) in [7, 11) is 1.54. The van der Waals surface area contributed by atoms with E-state index in [1.807, 2.05) is 36.6 Å². The van der Waals surface area contributed by atoms with Crippen LogP contribution in [0.15, 0.2) is 34.0 Å². The molecular formula is C20H20ClN5O3. The van der Waals surface area contributed by atoms with Gasteiger partial charge in [-0.3, -0.25) is 23.1 Å². The molecule has 0 bridgehead atoms. The number of Topliss-reactive ketones (excluding diaryl/α,β-unsaturated/α-hetero) is 1. The third-order valence-electron chi connectivity index (χ3n) is 5.36. The standard InChI is InChI=1S/C20H20ClN5O3/c1-10-6-7-14(8-15(10)21)25-11(2)9-24-16-17(22-19(24)25)23(5)20(29)26(18(16)28)12(3)13(4)27/h6-9,12H,1-5H3/t12-/m1/s1. The van der Waals surface area contributed by atoms with E-state index in [-0.39, 0.29) is 16.9 Å². The molecule has 8 nitrogen and oxygen atoms in total. The van der Waals surface area contributed by atoms with E-state index in [9.17, 15) is 14.4 Å². The minimum Gasteiger partial charge on any atom is -0.298 e. The van der Waals surface area contributed by atoms with Crippen molar-refractivity contribution in [1.82, 2.24) is 23.1 Å². The first-order valence-corrected chi connectivity index (χ1v) is 9.50. The molecule has 3 heterocycles. The number of rotatable bonds is 3. The molecule has 3 aromatic heterocycles. The van der Waals surface area contributed by atoms with Gasteiger partial charge in [0, 0.05) is 24.0 Å². The van der Waals surface area contributed by atoms with Crippen LogP contribution < -0.4 is 11.2 Å². The summed E-state index contributed by atoms with van der Waals surface area (Å²) in [5.74, 6) is 0.213. The molecule has 150 valence electrons. The van der Waals surface area contributed by atoms with Crippen LogP contribution in [-0.4, -0.2) is 28.9 Å². The maximum atomic E-state index is 13.2. The lowest BCUT2D eigenvalue weighted by Crippen LogP contribution is -2.42. The number of hydrogen-bond donors (Lipinski definition) is 0. The number of fused-ring (bicyclic) bond motifs is 3. The smallest absolute Gasteiger partial charge is 0.298 e. The van der Waals surface area contributed by atoms with Gasteiger partial charge < -0.3 is 0 Å². The van der Waals surface area contributed by atoms with Gasteiger partial charge in [-0.25, -0.2) is 9.36 Å². The van der Waals surface area contributed by atoms with Crippen molar-refractivity contribution in [3.05, 3.63) is 61.5 Å². The number of aryl methyl sites for hydroxylation is 3. The molecule has 0 aliphatic carbocycles. The first-order chi connectivity index (χ1) is 13.6. The van der Waals surface area contributed by atoms with Crippen molar-refractivity contribution in [2.45, 2.75) is 33.7 Å². The average Bonchev–Trinajstić information content (AvgIpc) is 3.17. The fraction of sp³-hybridized carbons (Fsp3) is 0.300. The molecule has 0 fully saturated rings. The summed E-state index contributed by atoms with van der Waals surface area (Å²) in [4.78, 5) is 42.4. The predicted octanol–water partition coefficient (Wildman–Crippen LogP) is 2.56. The van der Waals surface area contributed by atoms with E-state index in [1.165, 1.54) is 11.5 Å². The van der Waals surface area contributed by atoms with Crippen LogP contribution >= 0.6 is 11.6 Å². The first-order valence-electron chi connectivity index (χ1n) is 9.12. The van der Waals surface area contributed by atoms with E-state index in [0.29, 0.717) is 10.8 Å². The lowest BCUT2D eigenvalue weighted by Gasteiger charge is -2.12. The van der Waals surface area contributed by atoms with Gasteiger partial charge in [0.2, 0.25) is 5.78 Å². The van der Waals surface area contributed by atoms with Crippen molar-refractivity contribution in [1.29, 1.82) is 0 Å². The maximum absolute atomic E-state index is 13.2. The fourth-order valence-corrected chi connectivity index (χ4v) is 3.72. The van der Waals surface area contributed by atoms with E-state index < -0.39 is 17.3 Å². The molecule has 9 heteroatoms. The Morgan fingerprint density at radius 3 is 2.52 bits per heavy atom. The van der Waals surface area contributed by atoms with Crippen molar-refractivity contribution in [3.63, 3.8) is 0 Å². The Bertz CT molecular complexity index is 1440. The Balaban J connectivity index is 2.13. The molecule has 0 N–H and O–H groups in total. The normalized spacial score (nSPS) is 12.8. The molecule has 29 heavy (non-hydrogen) atoms. The van der Waals surface area contributed by atoms with E-state index >= 15 is 0 Å². The Morgan fingerprint density at radius 2 is 1.90 bits per heavy atom. The summed E-state index contributed by atoms with van der Waals surface area (Å²) in [6.45, 7) is 6.71. The van der Waals surface area contributed by atoms with Gasteiger partial charge in [0.15, 0.2) is 16.9 Å². The molecular weight excluding hydrogens is 394 g/mol. The molecule has 0 saturated heterocycles. The molecule has 0 aliphatic heterocycles. The van der Waals surface area contributed by atoms with Crippen LogP contribution in [-0.2, 0) is 11.8 Å². The summed E-state index contributed by atoms with van der Waals surface area (Å²) in [6, 6.07) is 4.80.